The fourth-order valence-corrected chi connectivity index (χ4v) is 1.64. The number of anilines is 1. The maximum Gasteiger partial charge on any atom is 0.321 e. The third kappa shape index (κ3) is 3.16. The number of rotatable bonds is 4. The molecule has 0 radical (unpaired) electrons. The summed E-state index contributed by atoms with van der Waals surface area (Å²) < 4.78 is 1.69. The minimum atomic E-state index is -0.279. The van der Waals surface area contributed by atoms with Crippen LogP contribution < -0.4 is 5.32 Å². The van der Waals surface area contributed by atoms with E-state index in [4.69, 9.17) is 5.11 Å². The van der Waals surface area contributed by atoms with Gasteiger partial charge in [-0.05, 0) is 19.1 Å². The van der Waals surface area contributed by atoms with Crippen LogP contribution >= 0.6 is 0 Å². The van der Waals surface area contributed by atoms with Gasteiger partial charge in [-0.3, -0.25) is 0 Å². The highest BCUT2D eigenvalue weighted by Gasteiger charge is 2.15. The molecule has 0 saturated carbocycles. The molecule has 0 aliphatic heterocycles. The van der Waals surface area contributed by atoms with Crippen LogP contribution in [0.3, 0.4) is 0 Å². The van der Waals surface area contributed by atoms with E-state index in [1.165, 1.54) is 4.90 Å². The van der Waals surface area contributed by atoms with Crippen LogP contribution in [-0.2, 0) is 0 Å². The van der Waals surface area contributed by atoms with Crippen molar-refractivity contribution in [2.45, 2.75) is 13.0 Å². The Morgan fingerprint density at radius 2 is 2.15 bits per heavy atom. The second kappa shape index (κ2) is 6.21. The van der Waals surface area contributed by atoms with E-state index in [-0.39, 0.29) is 18.7 Å². The van der Waals surface area contributed by atoms with Crippen molar-refractivity contribution in [1.29, 1.82) is 0 Å². The van der Waals surface area contributed by atoms with Gasteiger partial charge in [-0.25, -0.2) is 9.48 Å². The standard InChI is InChI=1S/C14H18N4O2/c1-11(10-19)17(2)14(20)16-12-8-15-18(9-12)13-6-4-3-5-7-13/h3-9,11,19H,10H2,1-2H3,(H,16,20). The minimum absolute atomic E-state index is 0.0762. The van der Waals surface area contributed by atoms with Gasteiger partial charge < -0.3 is 15.3 Å². The number of benzene rings is 1. The number of aliphatic hydroxyl groups excluding tert-OH is 1. The first-order chi connectivity index (χ1) is 9.61. The predicted octanol–water partition coefficient (Wildman–Crippen LogP) is 1.72. The lowest BCUT2D eigenvalue weighted by Crippen LogP contribution is -2.40. The Morgan fingerprint density at radius 3 is 2.80 bits per heavy atom. The van der Waals surface area contributed by atoms with E-state index in [1.54, 1.807) is 31.0 Å². The average molecular weight is 274 g/mol. The molecular formula is C14H18N4O2. The molecule has 6 heteroatoms. The lowest BCUT2D eigenvalue weighted by atomic mass is 10.3. The van der Waals surface area contributed by atoms with Crippen LogP contribution in [0.1, 0.15) is 6.92 Å². The van der Waals surface area contributed by atoms with Crippen molar-refractivity contribution >= 4 is 11.7 Å². The summed E-state index contributed by atoms with van der Waals surface area (Å²) in [6, 6.07) is 9.12. The van der Waals surface area contributed by atoms with Crippen molar-refractivity contribution in [3.8, 4) is 5.69 Å². The lowest BCUT2D eigenvalue weighted by molar-refractivity contribution is 0.166. The van der Waals surface area contributed by atoms with Gasteiger partial charge in [0.15, 0.2) is 0 Å². The lowest BCUT2D eigenvalue weighted by Gasteiger charge is -2.22. The zero-order valence-corrected chi connectivity index (χ0v) is 11.5. The number of amides is 2. The number of nitrogens with zero attached hydrogens (tertiary/aromatic N) is 3. The summed E-state index contributed by atoms with van der Waals surface area (Å²) in [5, 5.41) is 16.0. The molecule has 1 unspecified atom stereocenters. The topological polar surface area (TPSA) is 70.4 Å². The molecule has 2 rings (SSSR count). The highest BCUT2D eigenvalue weighted by Crippen LogP contribution is 2.12. The largest absolute Gasteiger partial charge is 0.394 e. The van der Waals surface area contributed by atoms with Crippen molar-refractivity contribution in [2.24, 2.45) is 0 Å². The van der Waals surface area contributed by atoms with Gasteiger partial charge >= 0.3 is 6.03 Å². The van der Waals surface area contributed by atoms with Gasteiger partial charge in [0.05, 0.1) is 36.4 Å². The van der Waals surface area contributed by atoms with Crippen LogP contribution in [0.15, 0.2) is 42.7 Å². The van der Waals surface area contributed by atoms with Crippen LogP contribution in [-0.4, -0.2) is 45.5 Å². The Hall–Kier alpha value is -2.34. The van der Waals surface area contributed by atoms with Gasteiger partial charge in [0.2, 0.25) is 0 Å². The van der Waals surface area contributed by atoms with Crippen molar-refractivity contribution in [2.75, 3.05) is 19.0 Å². The molecule has 0 spiro atoms. The average Bonchev–Trinajstić information content (AvgIpc) is 2.95. The molecule has 1 heterocycles. The third-order valence-electron chi connectivity index (χ3n) is 3.10. The highest BCUT2D eigenvalue weighted by molar-refractivity contribution is 5.89. The number of hydrogen-bond acceptors (Lipinski definition) is 3. The summed E-state index contributed by atoms with van der Waals surface area (Å²) in [5.74, 6) is 0. The molecule has 6 nitrogen and oxygen atoms in total. The summed E-state index contributed by atoms with van der Waals surface area (Å²) in [6.07, 6.45) is 3.33. The van der Waals surface area contributed by atoms with Crippen molar-refractivity contribution in [3.05, 3.63) is 42.7 Å². The molecule has 2 amide bonds. The molecule has 0 fully saturated rings. The normalized spacial score (nSPS) is 11.9. The Bertz CT molecular complexity index is 568. The molecule has 2 N–H and O–H groups in total. The van der Waals surface area contributed by atoms with E-state index in [0.29, 0.717) is 5.69 Å². The first kappa shape index (κ1) is 14.1. The molecule has 0 saturated heterocycles. The minimum Gasteiger partial charge on any atom is -0.394 e. The number of nitrogens with one attached hydrogen (secondary N) is 1. The number of urea groups is 1. The Morgan fingerprint density at radius 1 is 1.45 bits per heavy atom. The van der Waals surface area contributed by atoms with Gasteiger partial charge in [0.1, 0.15) is 0 Å². The van der Waals surface area contributed by atoms with E-state index in [9.17, 15) is 4.79 Å². The van der Waals surface area contributed by atoms with Gasteiger partial charge in [-0.2, -0.15) is 5.10 Å². The van der Waals surface area contributed by atoms with E-state index < -0.39 is 0 Å². The van der Waals surface area contributed by atoms with Gasteiger partial charge in [0.25, 0.3) is 0 Å². The number of para-hydroxylation sites is 1. The first-order valence-corrected chi connectivity index (χ1v) is 6.36. The number of aromatic nitrogens is 2. The SMILES string of the molecule is CC(CO)N(C)C(=O)Nc1cnn(-c2ccccc2)c1. The highest BCUT2D eigenvalue weighted by atomic mass is 16.3. The molecule has 1 aromatic carbocycles. The fourth-order valence-electron chi connectivity index (χ4n) is 1.64. The number of carbonyl (C=O) groups is 1. The molecular weight excluding hydrogens is 256 g/mol. The van der Waals surface area contributed by atoms with Crippen LogP contribution in [0.2, 0.25) is 0 Å². The van der Waals surface area contributed by atoms with Crippen molar-refractivity contribution in [3.63, 3.8) is 0 Å². The summed E-state index contributed by atoms with van der Waals surface area (Å²) in [4.78, 5) is 13.4. The molecule has 0 aliphatic rings. The summed E-state index contributed by atoms with van der Waals surface area (Å²) in [6.45, 7) is 1.69. The number of hydrogen-bond donors (Lipinski definition) is 2. The quantitative estimate of drug-likeness (QED) is 0.891. The Labute approximate surface area is 117 Å². The van der Waals surface area contributed by atoms with Gasteiger partial charge in [0, 0.05) is 7.05 Å². The first-order valence-electron chi connectivity index (χ1n) is 6.36. The van der Waals surface area contributed by atoms with Crippen LogP contribution in [0.25, 0.3) is 5.69 Å². The van der Waals surface area contributed by atoms with E-state index in [2.05, 4.69) is 10.4 Å². The van der Waals surface area contributed by atoms with E-state index in [1.807, 2.05) is 30.3 Å². The zero-order valence-electron chi connectivity index (χ0n) is 11.5. The third-order valence-corrected chi connectivity index (χ3v) is 3.10. The molecule has 1 aromatic heterocycles. The Balaban J connectivity index is 2.05. The van der Waals surface area contributed by atoms with Gasteiger partial charge in [-0.1, -0.05) is 18.2 Å². The van der Waals surface area contributed by atoms with Crippen LogP contribution in [0.4, 0.5) is 10.5 Å². The number of likely N-dealkylation sites (N-methyl/N-ethyl adjacent to an activating group) is 1. The zero-order chi connectivity index (χ0) is 14.5. The summed E-state index contributed by atoms with van der Waals surface area (Å²) >= 11 is 0. The summed E-state index contributed by atoms with van der Waals surface area (Å²) in [5.41, 5.74) is 1.53. The smallest absolute Gasteiger partial charge is 0.321 e. The van der Waals surface area contributed by atoms with E-state index in [0.717, 1.165) is 5.69 Å². The molecule has 106 valence electrons. The van der Waals surface area contributed by atoms with Crippen molar-refractivity contribution < 1.29 is 9.90 Å². The number of aliphatic hydroxyl groups is 1. The van der Waals surface area contributed by atoms with Crippen molar-refractivity contribution in [1.82, 2.24) is 14.7 Å². The maximum absolute atomic E-state index is 11.9. The van der Waals surface area contributed by atoms with Crippen LogP contribution in [0.5, 0.6) is 0 Å². The fraction of sp³-hybridized carbons (Fsp3) is 0.286. The molecule has 2 aromatic rings. The molecule has 20 heavy (non-hydrogen) atoms. The molecule has 0 bridgehead atoms. The predicted molar refractivity (Wildman–Crippen MR) is 76.9 cm³/mol. The molecule has 0 aliphatic carbocycles. The summed E-state index contributed by atoms with van der Waals surface area (Å²) in [7, 11) is 1.64. The second-order valence-corrected chi connectivity index (χ2v) is 4.58. The van der Waals surface area contributed by atoms with Crippen LogP contribution in [0, 0.1) is 0 Å². The van der Waals surface area contributed by atoms with Gasteiger partial charge in [-0.15, -0.1) is 0 Å². The second-order valence-electron chi connectivity index (χ2n) is 4.58. The monoisotopic (exact) mass is 274 g/mol. The molecule has 1 atom stereocenters. The maximum atomic E-state index is 11.9. The van der Waals surface area contributed by atoms with E-state index >= 15 is 0 Å². The number of carbonyl (C=O) groups excluding carboxylic acids is 1. The Kier molecular flexibility index (Phi) is 4.37.